The molecule has 0 amide bonds. The summed E-state index contributed by atoms with van der Waals surface area (Å²) in [5, 5.41) is 4.42. The number of methoxy groups -OCH3 is 1. The summed E-state index contributed by atoms with van der Waals surface area (Å²) in [7, 11) is 3.62. The highest BCUT2D eigenvalue weighted by molar-refractivity contribution is 9.10. The van der Waals surface area contributed by atoms with Crippen LogP contribution >= 0.6 is 15.9 Å². The Balaban J connectivity index is 2.63. The van der Waals surface area contributed by atoms with Gasteiger partial charge in [-0.05, 0) is 53.0 Å². The first kappa shape index (κ1) is 14.1. The van der Waals surface area contributed by atoms with E-state index in [4.69, 9.17) is 10.5 Å². The van der Waals surface area contributed by atoms with E-state index in [9.17, 15) is 0 Å². The van der Waals surface area contributed by atoms with E-state index in [1.165, 1.54) is 0 Å². The van der Waals surface area contributed by atoms with E-state index in [2.05, 4.69) is 33.2 Å². The zero-order valence-corrected chi connectivity index (χ0v) is 13.2. The molecule has 0 atom stereocenters. The van der Waals surface area contributed by atoms with Gasteiger partial charge in [0, 0.05) is 19.2 Å². The molecule has 0 bridgehead atoms. The highest BCUT2D eigenvalue weighted by Crippen LogP contribution is 2.34. The van der Waals surface area contributed by atoms with Crippen molar-refractivity contribution in [2.75, 3.05) is 7.11 Å². The summed E-state index contributed by atoms with van der Waals surface area (Å²) in [6.07, 6.45) is 0. The Morgan fingerprint density at radius 1 is 1.32 bits per heavy atom. The molecular formula is C14H18BrN3O. The van der Waals surface area contributed by atoms with E-state index in [0.717, 1.165) is 38.3 Å². The lowest BCUT2D eigenvalue weighted by Gasteiger charge is -2.12. The summed E-state index contributed by atoms with van der Waals surface area (Å²) in [5.41, 5.74) is 10.9. The van der Waals surface area contributed by atoms with Crippen LogP contribution in [0.4, 0.5) is 0 Å². The lowest BCUT2D eigenvalue weighted by Crippen LogP contribution is -1.99. The third-order valence-corrected chi connectivity index (χ3v) is 4.02. The Morgan fingerprint density at radius 3 is 2.32 bits per heavy atom. The van der Waals surface area contributed by atoms with E-state index in [1.54, 1.807) is 7.11 Å². The highest BCUT2D eigenvalue weighted by atomic mass is 79.9. The number of hydrogen-bond acceptors (Lipinski definition) is 3. The predicted molar refractivity (Wildman–Crippen MR) is 80.3 cm³/mol. The zero-order valence-electron chi connectivity index (χ0n) is 11.6. The van der Waals surface area contributed by atoms with Crippen molar-refractivity contribution in [1.82, 2.24) is 9.78 Å². The molecule has 2 aromatic rings. The maximum Gasteiger partial charge on any atom is 0.124 e. The number of benzene rings is 1. The van der Waals surface area contributed by atoms with Gasteiger partial charge in [-0.3, -0.25) is 4.68 Å². The quantitative estimate of drug-likeness (QED) is 0.944. The van der Waals surface area contributed by atoms with Crippen molar-refractivity contribution in [3.8, 4) is 17.0 Å². The first-order valence-electron chi connectivity index (χ1n) is 6.06. The van der Waals surface area contributed by atoms with Gasteiger partial charge < -0.3 is 10.5 Å². The monoisotopic (exact) mass is 323 g/mol. The van der Waals surface area contributed by atoms with E-state index >= 15 is 0 Å². The highest BCUT2D eigenvalue weighted by Gasteiger charge is 2.16. The molecule has 0 saturated carbocycles. The molecule has 0 unspecified atom stereocenters. The van der Waals surface area contributed by atoms with Crippen LogP contribution in [0.25, 0.3) is 11.3 Å². The lowest BCUT2D eigenvalue weighted by molar-refractivity contribution is 0.408. The zero-order chi connectivity index (χ0) is 14.2. The number of aromatic nitrogens is 2. The maximum absolute atomic E-state index is 5.69. The molecule has 0 fully saturated rings. The van der Waals surface area contributed by atoms with Crippen LogP contribution in [-0.2, 0) is 13.6 Å². The summed E-state index contributed by atoms with van der Waals surface area (Å²) in [5.74, 6) is 0.932. The second-order valence-corrected chi connectivity index (χ2v) is 5.37. The Bertz CT molecular complexity index is 596. The number of nitrogens with two attached hydrogens (primary N) is 1. The Labute approximate surface area is 121 Å². The van der Waals surface area contributed by atoms with Gasteiger partial charge in [0.1, 0.15) is 5.75 Å². The summed E-state index contributed by atoms with van der Waals surface area (Å²) >= 11 is 3.59. The van der Waals surface area contributed by atoms with Crippen molar-refractivity contribution in [3.05, 3.63) is 33.4 Å². The van der Waals surface area contributed by atoms with Gasteiger partial charge in [0.2, 0.25) is 0 Å². The van der Waals surface area contributed by atoms with E-state index in [1.807, 2.05) is 25.6 Å². The predicted octanol–water partition coefficient (Wildman–Crippen LogP) is 2.93. The molecule has 0 aliphatic rings. The number of hydrogen-bond donors (Lipinski definition) is 1. The smallest absolute Gasteiger partial charge is 0.124 e. The number of nitrogens with zero attached hydrogens (tertiary/aromatic N) is 2. The summed E-state index contributed by atoms with van der Waals surface area (Å²) in [4.78, 5) is 0. The fourth-order valence-electron chi connectivity index (χ4n) is 2.41. The molecular weight excluding hydrogens is 306 g/mol. The van der Waals surface area contributed by atoms with Gasteiger partial charge in [0.15, 0.2) is 0 Å². The first-order valence-corrected chi connectivity index (χ1v) is 6.86. The number of rotatable bonds is 3. The Hall–Kier alpha value is -1.33. The van der Waals surface area contributed by atoms with Gasteiger partial charge in [-0.1, -0.05) is 0 Å². The molecule has 4 nitrogen and oxygen atoms in total. The van der Waals surface area contributed by atoms with E-state index in [-0.39, 0.29) is 0 Å². The van der Waals surface area contributed by atoms with Crippen LogP contribution in [0.15, 0.2) is 16.6 Å². The lowest BCUT2D eigenvalue weighted by atomic mass is 10.0. The third-order valence-electron chi connectivity index (χ3n) is 3.19. The van der Waals surface area contributed by atoms with Crippen molar-refractivity contribution in [1.29, 1.82) is 0 Å². The molecule has 0 aliphatic heterocycles. The summed E-state index contributed by atoms with van der Waals surface area (Å²) in [6, 6.07) is 4.21. The van der Waals surface area contributed by atoms with Crippen molar-refractivity contribution in [3.63, 3.8) is 0 Å². The number of halogens is 1. The van der Waals surface area contributed by atoms with Gasteiger partial charge >= 0.3 is 0 Å². The molecule has 2 N–H and O–H groups in total. The number of aryl methyl sites for hydroxylation is 3. The number of ether oxygens (including phenoxy) is 1. The van der Waals surface area contributed by atoms with Crippen molar-refractivity contribution < 1.29 is 4.74 Å². The standard InChI is InChI=1S/C14H18BrN3O/c1-8-5-10(6-9(2)14(8)19-4)13-12(15)11(7-16)17-18(13)3/h5-6H,7,16H2,1-4H3. The minimum absolute atomic E-state index is 0.419. The molecule has 19 heavy (non-hydrogen) atoms. The molecule has 2 rings (SSSR count). The average Bonchev–Trinajstić information content (AvgIpc) is 2.63. The van der Waals surface area contributed by atoms with Crippen LogP contribution in [0.3, 0.4) is 0 Å². The Kier molecular flexibility index (Phi) is 3.96. The van der Waals surface area contributed by atoms with Gasteiger partial charge in [-0.15, -0.1) is 0 Å². The van der Waals surface area contributed by atoms with Crippen LogP contribution < -0.4 is 10.5 Å². The van der Waals surface area contributed by atoms with Crippen molar-refractivity contribution >= 4 is 15.9 Å². The van der Waals surface area contributed by atoms with Crippen molar-refractivity contribution in [2.24, 2.45) is 12.8 Å². The van der Waals surface area contributed by atoms with Gasteiger partial charge in [-0.2, -0.15) is 5.10 Å². The molecule has 0 aliphatic carbocycles. The molecule has 0 saturated heterocycles. The largest absolute Gasteiger partial charge is 0.496 e. The third kappa shape index (κ3) is 2.40. The molecule has 0 radical (unpaired) electrons. The minimum atomic E-state index is 0.419. The van der Waals surface area contributed by atoms with E-state index in [0.29, 0.717) is 6.54 Å². The van der Waals surface area contributed by atoms with Crippen LogP contribution in [0, 0.1) is 13.8 Å². The first-order chi connectivity index (χ1) is 8.99. The van der Waals surface area contributed by atoms with Gasteiger partial charge in [0.05, 0.1) is 23.0 Å². The molecule has 1 aromatic carbocycles. The van der Waals surface area contributed by atoms with Crippen LogP contribution in [0.1, 0.15) is 16.8 Å². The summed E-state index contributed by atoms with van der Waals surface area (Å²) < 4.78 is 8.21. The fraction of sp³-hybridized carbons (Fsp3) is 0.357. The van der Waals surface area contributed by atoms with Gasteiger partial charge in [0.25, 0.3) is 0 Å². The second-order valence-electron chi connectivity index (χ2n) is 4.58. The molecule has 0 spiro atoms. The SMILES string of the molecule is COc1c(C)cc(-c2c(Br)c(CN)nn2C)cc1C. The second kappa shape index (κ2) is 5.35. The minimum Gasteiger partial charge on any atom is -0.496 e. The van der Waals surface area contributed by atoms with Gasteiger partial charge in [-0.25, -0.2) is 0 Å². The van der Waals surface area contributed by atoms with Crippen LogP contribution in [0.5, 0.6) is 5.75 Å². The average molecular weight is 324 g/mol. The van der Waals surface area contributed by atoms with Crippen LogP contribution in [0.2, 0.25) is 0 Å². The van der Waals surface area contributed by atoms with Crippen LogP contribution in [-0.4, -0.2) is 16.9 Å². The summed E-state index contributed by atoms with van der Waals surface area (Å²) in [6.45, 7) is 4.51. The van der Waals surface area contributed by atoms with Crippen molar-refractivity contribution in [2.45, 2.75) is 20.4 Å². The fourth-order valence-corrected chi connectivity index (χ4v) is 3.13. The molecule has 1 aromatic heterocycles. The maximum atomic E-state index is 5.69. The molecule has 102 valence electrons. The molecule has 5 heteroatoms. The Morgan fingerprint density at radius 2 is 1.89 bits per heavy atom. The topological polar surface area (TPSA) is 53.1 Å². The van der Waals surface area contributed by atoms with E-state index < -0.39 is 0 Å². The normalized spacial score (nSPS) is 10.8. The molecule has 1 heterocycles.